The molecule has 1 aromatic carbocycles. The van der Waals surface area contributed by atoms with Crippen molar-refractivity contribution in [3.8, 4) is 0 Å². The van der Waals surface area contributed by atoms with Gasteiger partial charge in [-0.15, -0.1) is 0 Å². The minimum absolute atomic E-state index is 0.0574. The molecule has 2 aromatic rings. The van der Waals surface area contributed by atoms with Gasteiger partial charge in [-0.05, 0) is 43.5 Å². The average Bonchev–Trinajstić information content (AvgIpc) is 3.01. The number of furan rings is 1. The lowest BCUT2D eigenvalue weighted by Crippen LogP contribution is -2.87. The summed E-state index contributed by atoms with van der Waals surface area (Å²) < 4.78 is 5.32. The van der Waals surface area contributed by atoms with Crippen LogP contribution in [0.5, 0.6) is 0 Å². The minimum Gasteiger partial charge on any atom is -0.463 e. The van der Waals surface area contributed by atoms with Gasteiger partial charge in [0, 0.05) is 6.54 Å². The lowest BCUT2D eigenvalue weighted by molar-refractivity contribution is -0.684. The van der Waals surface area contributed by atoms with E-state index in [1.165, 1.54) is 11.1 Å². The normalized spacial score (nSPS) is 12.1. The molecule has 0 radical (unpaired) electrons. The number of nitrogens with two attached hydrogens (primary N) is 1. The van der Waals surface area contributed by atoms with E-state index in [2.05, 4.69) is 24.4 Å². The summed E-state index contributed by atoms with van der Waals surface area (Å²) in [5.41, 5.74) is 2.55. The van der Waals surface area contributed by atoms with Crippen LogP contribution in [0.25, 0.3) is 0 Å². The molecule has 0 aliphatic carbocycles. The highest BCUT2D eigenvalue weighted by molar-refractivity contribution is 5.76. The Morgan fingerprint density at radius 1 is 1.29 bits per heavy atom. The van der Waals surface area contributed by atoms with E-state index >= 15 is 0 Å². The Labute approximate surface area is 125 Å². The van der Waals surface area contributed by atoms with Gasteiger partial charge >= 0.3 is 0 Å². The van der Waals surface area contributed by atoms with Crippen LogP contribution in [0.1, 0.15) is 29.9 Å². The summed E-state index contributed by atoms with van der Waals surface area (Å²) in [6.45, 7) is 5.21. The van der Waals surface area contributed by atoms with E-state index in [4.69, 9.17) is 4.42 Å². The lowest BCUT2D eigenvalue weighted by atomic mass is 10.1. The predicted molar refractivity (Wildman–Crippen MR) is 81.8 cm³/mol. The number of quaternary nitrogens is 1. The molecule has 1 atom stereocenters. The van der Waals surface area contributed by atoms with E-state index in [0.717, 1.165) is 12.2 Å². The number of carbonyl (C=O) groups is 1. The maximum atomic E-state index is 11.8. The SMILES string of the molecule is Cc1ccccc1CCNC(=O)C[NH2+][C@@H](C)c1ccco1. The molecule has 1 aromatic heterocycles. The van der Waals surface area contributed by atoms with Gasteiger partial charge in [0.25, 0.3) is 5.91 Å². The second kappa shape index (κ2) is 7.64. The maximum absolute atomic E-state index is 11.8. The summed E-state index contributed by atoms with van der Waals surface area (Å²) in [5, 5.41) is 4.93. The highest BCUT2D eigenvalue weighted by Crippen LogP contribution is 2.07. The third kappa shape index (κ3) is 4.76. The van der Waals surface area contributed by atoms with Crippen LogP contribution in [0, 0.1) is 6.92 Å². The Kier molecular flexibility index (Phi) is 5.58. The van der Waals surface area contributed by atoms with Gasteiger partial charge in [-0.3, -0.25) is 4.79 Å². The molecule has 0 unspecified atom stereocenters. The van der Waals surface area contributed by atoms with Gasteiger partial charge in [-0.2, -0.15) is 0 Å². The zero-order valence-electron chi connectivity index (χ0n) is 12.6. The minimum atomic E-state index is 0.0574. The molecule has 0 aliphatic rings. The number of hydrogen-bond donors (Lipinski definition) is 2. The summed E-state index contributed by atoms with van der Waals surface area (Å²) in [7, 11) is 0. The number of amides is 1. The average molecular weight is 287 g/mol. The molecule has 0 saturated carbocycles. The van der Waals surface area contributed by atoms with Crippen molar-refractivity contribution in [3.63, 3.8) is 0 Å². The van der Waals surface area contributed by atoms with E-state index in [9.17, 15) is 4.79 Å². The quantitative estimate of drug-likeness (QED) is 0.812. The zero-order chi connectivity index (χ0) is 15.1. The summed E-state index contributed by atoms with van der Waals surface area (Å²) in [4.78, 5) is 11.8. The lowest BCUT2D eigenvalue weighted by Gasteiger charge is -2.09. The Morgan fingerprint density at radius 2 is 2.10 bits per heavy atom. The van der Waals surface area contributed by atoms with Crippen molar-refractivity contribution in [2.24, 2.45) is 0 Å². The molecule has 1 amide bonds. The highest BCUT2D eigenvalue weighted by Gasteiger charge is 2.13. The summed E-state index contributed by atoms with van der Waals surface area (Å²) >= 11 is 0. The Bertz CT molecular complexity index is 564. The van der Waals surface area contributed by atoms with Crippen LogP contribution >= 0.6 is 0 Å². The fraction of sp³-hybridized carbons (Fsp3) is 0.353. The van der Waals surface area contributed by atoms with E-state index in [0.29, 0.717) is 13.1 Å². The van der Waals surface area contributed by atoms with Crippen LogP contribution in [0.3, 0.4) is 0 Å². The molecule has 0 saturated heterocycles. The van der Waals surface area contributed by atoms with E-state index in [-0.39, 0.29) is 11.9 Å². The van der Waals surface area contributed by atoms with Crippen molar-refractivity contribution < 1.29 is 14.5 Å². The fourth-order valence-electron chi connectivity index (χ4n) is 2.25. The molecule has 0 bridgehead atoms. The largest absolute Gasteiger partial charge is 0.463 e. The van der Waals surface area contributed by atoms with Crippen LogP contribution in [0.4, 0.5) is 0 Å². The topological polar surface area (TPSA) is 58.9 Å². The Balaban J connectivity index is 1.67. The zero-order valence-corrected chi connectivity index (χ0v) is 12.6. The van der Waals surface area contributed by atoms with Crippen LogP contribution in [0.15, 0.2) is 47.1 Å². The predicted octanol–water partition coefficient (Wildman–Crippen LogP) is 1.57. The van der Waals surface area contributed by atoms with Crippen molar-refractivity contribution in [3.05, 3.63) is 59.5 Å². The number of nitrogens with one attached hydrogen (secondary N) is 1. The molecule has 0 fully saturated rings. The molecular formula is C17H23N2O2+. The van der Waals surface area contributed by atoms with Gasteiger partial charge in [0.15, 0.2) is 12.3 Å². The summed E-state index contributed by atoms with van der Waals surface area (Å²) in [5.74, 6) is 0.949. The highest BCUT2D eigenvalue weighted by atomic mass is 16.3. The Morgan fingerprint density at radius 3 is 2.81 bits per heavy atom. The van der Waals surface area contributed by atoms with Gasteiger partial charge in [0.1, 0.15) is 6.04 Å². The van der Waals surface area contributed by atoms with Gasteiger partial charge in [-0.1, -0.05) is 24.3 Å². The number of rotatable bonds is 7. The molecule has 0 spiro atoms. The fourth-order valence-corrected chi connectivity index (χ4v) is 2.25. The second-order valence-corrected chi connectivity index (χ2v) is 5.27. The summed E-state index contributed by atoms with van der Waals surface area (Å²) in [6.07, 6.45) is 2.52. The first-order chi connectivity index (χ1) is 10.2. The molecule has 3 N–H and O–H groups in total. The van der Waals surface area contributed by atoms with Crippen molar-refractivity contribution in [2.75, 3.05) is 13.1 Å². The molecular weight excluding hydrogens is 264 g/mol. The standard InChI is InChI=1S/C17H22N2O2/c1-13-6-3-4-7-15(13)9-10-18-17(20)12-19-14(2)16-8-5-11-21-16/h3-8,11,14,19H,9-10,12H2,1-2H3,(H,18,20)/p+1/t14-/m0/s1. The second-order valence-electron chi connectivity index (χ2n) is 5.27. The van der Waals surface area contributed by atoms with Gasteiger partial charge in [0.05, 0.1) is 6.26 Å². The first-order valence-electron chi connectivity index (χ1n) is 7.34. The number of hydrogen-bond acceptors (Lipinski definition) is 2. The van der Waals surface area contributed by atoms with Crippen molar-refractivity contribution in [1.82, 2.24) is 5.32 Å². The van der Waals surface area contributed by atoms with E-state index in [1.807, 2.05) is 36.5 Å². The van der Waals surface area contributed by atoms with Crippen molar-refractivity contribution >= 4 is 5.91 Å². The molecule has 1 heterocycles. The van der Waals surface area contributed by atoms with Gasteiger partial charge in [0.2, 0.25) is 0 Å². The monoisotopic (exact) mass is 287 g/mol. The summed E-state index contributed by atoms with van der Waals surface area (Å²) in [6, 6.07) is 12.2. The molecule has 4 heteroatoms. The maximum Gasteiger partial charge on any atom is 0.275 e. The van der Waals surface area contributed by atoms with Crippen LogP contribution in [-0.2, 0) is 11.2 Å². The van der Waals surface area contributed by atoms with Crippen LogP contribution < -0.4 is 10.6 Å². The third-order valence-corrected chi connectivity index (χ3v) is 3.63. The number of aryl methyl sites for hydroxylation is 1. The number of benzene rings is 1. The van der Waals surface area contributed by atoms with E-state index < -0.39 is 0 Å². The van der Waals surface area contributed by atoms with Crippen molar-refractivity contribution in [1.29, 1.82) is 0 Å². The molecule has 0 aliphatic heterocycles. The van der Waals surface area contributed by atoms with Crippen LogP contribution in [0.2, 0.25) is 0 Å². The molecule has 4 nitrogen and oxygen atoms in total. The molecule has 21 heavy (non-hydrogen) atoms. The van der Waals surface area contributed by atoms with E-state index in [1.54, 1.807) is 6.26 Å². The third-order valence-electron chi connectivity index (χ3n) is 3.63. The first-order valence-corrected chi connectivity index (χ1v) is 7.34. The smallest absolute Gasteiger partial charge is 0.275 e. The van der Waals surface area contributed by atoms with Gasteiger partial charge in [-0.25, -0.2) is 0 Å². The van der Waals surface area contributed by atoms with Crippen molar-refractivity contribution in [2.45, 2.75) is 26.3 Å². The first kappa shape index (κ1) is 15.3. The van der Waals surface area contributed by atoms with Crippen LogP contribution in [-0.4, -0.2) is 19.0 Å². The van der Waals surface area contributed by atoms with Gasteiger partial charge < -0.3 is 15.1 Å². The molecule has 2 rings (SSSR count). The molecule has 112 valence electrons. The Hall–Kier alpha value is -2.07. The number of carbonyl (C=O) groups excluding carboxylic acids is 1.